The van der Waals surface area contributed by atoms with Crippen LogP contribution < -0.4 is 9.67 Å². The van der Waals surface area contributed by atoms with Gasteiger partial charge in [-0.1, -0.05) is 18.2 Å². The van der Waals surface area contributed by atoms with Crippen molar-refractivity contribution < 1.29 is 26.9 Å². The summed E-state index contributed by atoms with van der Waals surface area (Å²) in [5, 5.41) is 21.4. The van der Waals surface area contributed by atoms with Crippen molar-refractivity contribution in [2.45, 2.75) is 20.8 Å². The number of phenolic OH excluding ortho intramolecular Hbond substituents is 1. The van der Waals surface area contributed by atoms with Crippen LogP contribution in [-0.4, -0.2) is 39.5 Å². The third-order valence-electron chi connectivity index (χ3n) is 3.96. The Hall–Kier alpha value is -2.51. The SMILES string of the molecule is CC(=O)Nc1cccc([As](=O)(O)OO)c1O.Cc1[nH]c2ccccc2c1C. The Morgan fingerprint density at radius 2 is 1.81 bits per heavy atom. The minimum absolute atomic E-state index is 0.0299. The molecule has 0 bridgehead atoms. The van der Waals surface area contributed by atoms with Crippen LogP contribution in [-0.2, 0) is 12.4 Å². The van der Waals surface area contributed by atoms with Gasteiger partial charge in [0.15, 0.2) is 0 Å². The molecule has 8 nitrogen and oxygen atoms in total. The minimum Gasteiger partial charge on any atom is -0.358 e. The van der Waals surface area contributed by atoms with E-state index in [-0.39, 0.29) is 5.69 Å². The molecule has 1 unspecified atom stereocenters. The van der Waals surface area contributed by atoms with Gasteiger partial charge in [-0.3, -0.25) is 0 Å². The predicted octanol–water partition coefficient (Wildman–Crippen LogP) is 2.19. The van der Waals surface area contributed by atoms with Crippen molar-refractivity contribution in [1.82, 2.24) is 4.98 Å². The molecule has 1 aromatic heterocycles. The number of fused-ring (bicyclic) bond motifs is 1. The Kier molecular flexibility index (Phi) is 6.51. The number of amides is 1. The summed E-state index contributed by atoms with van der Waals surface area (Å²) in [6, 6.07) is 12.2. The van der Waals surface area contributed by atoms with Gasteiger partial charge in [-0.15, -0.1) is 0 Å². The van der Waals surface area contributed by atoms with Gasteiger partial charge in [0.2, 0.25) is 0 Å². The fourth-order valence-electron chi connectivity index (χ4n) is 2.51. The number of nitrogens with one attached hydrogen (secondary N) is 2. The monoisotopic (exact) mass is 436 g/mol. The van der Waals surface area contributed by atoms with Gasteiger partial charge in [0.05, 0.1) is 0 Å². The first-order valence-corrected chi connectivity index (χ1v) is 11.3. The third-order valence-corrected chi connectivity index (χ3v) is 6.46. The van der Waals surface area contributed by atoms with Gasteiger partial charge in [-0.25, -0.2) is 0 Å². The van der Waals surface area contributed by atoms with E-state index in [1.54, 1.807) is 0 Å². The van der Waals surface area contributed by atoms with Crippen molar-refractivity contribution in [3.05, 3.63) is 53.7 Å². The van der Waals surface area contributed by atoms with E-state index in [1.165, 1.54) is 41.2 Å². The van der Waals surface area contributed by atoms with E-state index in [4.69, 9.17) is 5.26 Å². The molecular weight excluding hydrogens is 415 g/mol. The molecule has 1 amide bonds. The molecule has 27 heavy (non-hydrogen) atoms. The zero-order chi connectivity index (χ0) is 20.2. The molecule has 0 spiro atoms. The number of rotatable bonds is 3. The van der Waals surface area contributed by atoms with Crippen molar-refractivity contribution in [2.24, 2.45) is 0 Å². The number of aryl methyl sites for hydroxylation is 2. The quantitative estimate of drug-likeness (QED) is 0.185. The normalized spacial score (nSPS) is 12.8. The Labute approximate surface area is 158 Å². The number of hydrogen-bond donors (Lipinski definition) is 5. The molecule has 0 aliphatic carbocycles. The molecule has 1 atom stereocenters. The number of H-pyrrole nitrogens is 1. The topological polar surface area (TPSA) is 132 Å². The first-order chi connectivity index (χ1) is 12.7. The number of hydrogen-bond acceptors (Lipinski definition) is 5. The van der Waals surface area contributed by atoms with Crippen LogP contribution in [0.5, 0.6) is 5.75 Å². The zero-order valence-electron chi connectivity index (χ0n) is 15.1. The van der Waals surface area contributed by atoms with Crippen molar-refractivity contribution >= 4 is 41.0 Å². The summed E-state index contributed by atoms with van der Waals surface area (Å²) < 4.78 is 23.5. The largest absolute Gasteiger partial charge is 0.358 e. The molecule has 1 heterocycles. The molecule has 0 aliphatic rings. The molecular formula is C18H21AsN2O6. The Bertz CT molecular complexity index is 1010. The van der Waals surface area contributed by atoms with Crippen molar-refractivity contribution in [2.75, 3.05) is 5.32 Å². The van der Waals surface area contributed by atoms with E-state index in [0.29, 0.717) is 0 Å². The number of aromatic nitrogens is 1. The Morgan fingerprint density at radius 3 is 2.41 bits per heavy atom. The van der Waals surface area contributed by atoms with Crippen LogP contribution in [0.25, 0.3) is 10.9 Å². The number of phenols is 1. The number of carbonyl (C=O) groups excluding carboxylic acids is 1. The number of anilines is 1. The van der Waals surface area contributed by atoms with Crippen LogP contribution in [0.4, 0.5) is 5.69 Å². The molecule has 5 N–H and O–H groups in total. The maximum absolute atomic E-state index is 11.3. The summed E-state index contributed by atoms with van der Waals surface area (Å²) in [4.78, 5) is 14.1. The summed E-state index contributed by atoms with van der Waals surface area (Å²) in [6.07, 6.45) is 0. The molecule has 0 saturated carbocycles. The molecule has 0 fully saturated rings. The number of aromatic amines is 1. The van der Waals surface area contributed by atoms with Gasteiger partial charge in [0.1, 0.15) is 0 Å². The van der Waals surface area contributed by atoms with Crippen molar-refractivity contribution in [3.8, 4) is 5.75 Å². The number of aromatic hydroxyl groups is 1. The predicted molar refractivity (Wildman–Crippen MR) is 102 cm³/mol. The smallest absolute Gasteiger partial charge is 0.0458 e. The minimum atomic E-state index is -5.13. The molecule has 3 rings (SSSR count). The fourth-order valence-corrected chi connectivity index (χ4v) is 4.09. The van der Waals surface area contributed by atoms with Crippen LogP contribution in [0.1, 0.15) is 18.2 Å². The van der Waals surface area contributed by atoms with E-state index in [1.807, 2.05) is 0 Å². The molecule has 0 radical (unpaired) electrons. The summed E-state index contributed by atoms with van der Waals surface area (Å²) in [5.74, 6) is -1.05. The summed E-state index contributed by atoms with van der Waals surface area (Å²) in [5.41, 5.74) is 3.84. The molecule has 3 aromatic rings. The third kappa shape index (κ3) is 4.81. The van der Waals surface area contributed by atoms with E-state index in [9.17, 15) is 17.7 Å². The first kappa shape index (κ1) is 20.8. The summed E-state index contributed by atoms with van der Waals surface area (Å²) in [6.45, 7) is 5.47. The van der Waals surface area contributed by atoms with Crippen LogP contribution in [0, 0.1) is 13.8 Å². The van der Waals surface area contributed by atoms with Crippen LogP contribution in [0.2, 0.25) is 0 Å². The Balaban J connectivity index is 0.000000206. The second-order valence-corrected chi connectivity index (χ2v) is 9.41. The Morgan fingerprint density at radius 1 is 1.15 bits per heavy atom. The molecule has 0 saturated heterocycles. The van der Waals surface area contributed by atoms with E-state index < -0.39 is 30.2 Å². The van der Waals surface area contributed by atoms with Gasteiger partial charge < -0.3 is 4.98 Å². The average Bonchev–Trinajstić information content (AvgIpc) is 2.91. The van der Waals surface area contributed by atoms with Crippen LogP contribution in [0.15, 0.2) is 42.5 Å². The van der Waals surface area contributed by atoms with E-state index >= 15 is 0 Å². The summed E-state index contributed by atoms with van der Waals surface area (Å²) >= 11 is -5.13. The maximum Gasteiger partial charge on any atom is 0.0458 e. The number of para-hydroxylation sites is 2. The molecule has 144 valence electrons. The van der Waals surface area contributed by atoms with Gasteiger partial charge >= 0.3 is 93.2 Å². The van der Waals surface area contributed by atoms with E-state index in [0.717, 1.165) is 6.07 Å². The fraction of sp³-hybridized carbons (Fsp3) is 0.167. The van der Waals surface area contributed by atoms with Gasteiger partial charge in [0.25, 0.3) is 0 Å². The van der Waals surface area contributed by atoms with Crippen molar-refractivity contribution in [3.63, 3.8) is 0 Å². The summed E-state index contributed by atoms with van der Waals surface area (Å²) in [7, 11) is 0. The zero-order valence-corrected chi connectivity index (χ0v) is 16.9. The van der Waals surface area contributed by atoms with Gasteiger partial charge in [0, 0.05) is 16.6 Å². The second-order valence-electron chi connectivity index (χ2n) is 5.88. The van der Waals surface area contributed by atoms with Gasteiger partial charge in [-0.2, -0.15) is 0 Å². The molecule has 0 aliphatic heterocycles. The number of carbonyl (C=O) groups is 1. The molecule has 2 aromatic carbocycles. The van der Waals surface area contributed by atoms with E-state index in [2.05, 4.69) is 52.3 Å². The average molecular weight is 436 g/mol. The standard InChI is InChI=1S/C10H11N.C8H10AsNO6/c1-7-8(2)11-10-6-4-3-5-9(7)10;1-5(11)10-7-4-2-3-6(8(7)12)9(13,14)16-15/h3-6,11H,1-2H3;2-4,12,15H,1H3,(H,10,11)(H,13,14). The van der Waals surface area contributed by atoms with Crippen LogP contribution >= 0.6 is 0 Å². The number of benzene rings is 2. The molecule has 9 heteroatoms. The maximum atomic E-state index is 11.3. The van der Waals surface area contributed by atoms with Crippen molar-refractivity contribution in [1.29, 1.82) is 0 Å². The second kappa shape index (κ2) is 8.45. The van der Waals surface area contributed by atoms with Gasteiger partial charge in [-0.05, 0) is 25.5 Å². The first-order valence-electron chi connectivity index (χ1n) is 7.97. The van der Waals surface area contributed by atoms with Crippen LogP contribution in [0.3, 0.4) is 0 Å².